The second-order valence-corrected chi connectivity index (χ2v) is 7.25. The third-order valence-corrected chi connectivity index (χ3v) is 5.47. The van der Waals surface area contributed by atoms with E-state index in [2.05, 4.69) is 4.74 Å². The lowest BCUT2D eigenvalue weighted by Crippen LogP contribution is -2.48. The van der Waals surface area contributed by atoms with Crippen molar-refractivity contribution in [1.29, 1.82) is 0 Å². The summed E-state index contributed by atoms with van der Waals surface area (Å²) in [4.78, 5) is -0.225. The van der Waals surface area contributed by atoms with E-state index in [0.717, 1.165) is 12.1 Å². The molecule has 2 unspecified atom stereocenters. The second kappa shape index (κ2) is 7.25. The van der Waals surface area contributed by atoms with E-state index in [1.807, 2.05) is 6.92 Å². The average Bonchev–Trinajstić information content (AvgIpc) is 2.40. The first-order valence-corrected chi connectivity index (χ1v) is 8.15. The van der Waals surface area contributed by atoms with Crippen LogP contribution in [0, 0.1) is 5.92 Å². The lowest BCUT2D eigenvalue weighted by Gasteiger charge is -2.34. The molecular formula is C13H18ClF3N2O3S. The Hall–Kier alpha value is -1.03. The first-order valence-electron chi connectivity index (χ1n) is 6.71. The molecule has 1 aromatic rings. The largest absolute Gasteiger partial charge is 0.573 e. The Labute approximate surface area is 139 Å². The van der Waals surface area contributed by atoms with E-state index >= 15 is 0 Å². The molecule has 1 fully saturated rings. The summed E-state index contributed by atoms with van der Waals surface area (Å²) >= 11 is 0. The SMILES string of the molecule is CC1CN(S(=O)(=O)c2cccc(OC(F)(F)F)c2)CCC1N.Cl. The van der Waals surface area contributed by atoms with Crippen LogP contribution in [-0.2, 0) is 10.0 Å². The first kappa shape index (κ1) is 20.0. The highest BCUT2D eigenvalue weighted by Gasteiger charge is 2.34. The highest BCUT2D eigenvalue weighted by atomic mass is 35.5. The predicted octanol–water partition coefficient (Wildman–Crippen LogP) is 2.36. The van der Waals surface area contributed by atoms with Gasteiger partial charge >= 0.3 is 6.36 Å². The van der Waals surface area contributed by atoms with Gasteiger partial charge in [0.1, 0.15) is 5.75 Å². The summed E-state index contributed by atoms with van der Waals surface area (Å²) in [5.74, 6) is -0.575. The van der Waals surface area contributed by atoms with Crippen molar-refractivity contribution in [3.05, 3.63) is 24.3 Å². The van der Waals surface area contributed by atoms with Gasteiger partial charge in [0.15, 0.2) is 0 Å². The van der Waals surface area contributed by atoms with Crippen molar-refractivity contribution >= 4 is 22.4 Å². The van der Waals surface area contributed by atoms with Crippen molar-refractivity contribution in [2.45, 2.75) is 30.6 Å². The van der Waals surface area contributed by atoms with E-state index in [1.54, 1.807) is 0 Å². The van der Waals surface area contributed by atoms with Crippen LogP contribution in [0.15, 0.2) is 29.2 Å². The van der Waals surface area contributed by atoms with Crippen LogP contribution in [-0.4, -0.2) is 38.2 Å². The summed E-state index contributed by atoms with van der Waals surface area (Å²) < 4.78 is 66.7. The molecule has 23 heavy (non-hydrogen) atoms. The zero-order valence-electron chi connectivity index (χ0n) is 12.3. The molecule has 0 bridgehead atoms. The van der Waals surface area contributed by atoms with Crippen LogP contribution in [0.5, 0.6) is 5.75 Å². The van der Waals surface area contributed by atoms with Crippen molar-refractivity contribution in [2.24, 2.45) is 11.7 Å². The molecule has 132 valence electrons. The minimum Gasteiger partial charge on any atom is -0.406 e. The Balaban J connectivity index is 0.00000264. The number of alkyl halides is 3. The molecule has 0 aliphatic carbocycles. The molecule has 0 aromatic heterocycles. The van der Waals surface area contributed by atoms with Crippen molar-refractivity contribution in [3.8, 4) is 5.75 Å². The van der Waals surface area contributed by atoms with Gasteiger partial charge in [0.2, 0.25) is 10.0 Å². The smallest absolute Gasteiger partial charge is 0.406 e. The van der Waals surface area contributed by atoms with Gasteiger partial charge in [-0.3, -0.25) is 0 Å². The van der Waals surface area contributed by atoms with Crippen molar-refractivity contribution < 1.29 is 26.3 Å². The molecule has 0 spiro atoms. The van der Waals surface area contributed by atoms with Gasteiger partial charge in [-0.2, -0.15) is 4.31 Å². The predicted molar refractivity (Wildman–Crippen MR) is 80.9 cm³/mol. The van der Waals surface area contributed by atoms with Crippen molar-refractivity contribution in [1.82, 2.24) is 4.31 Å². The molecule has 2 rings (SSSR count). The molecule has 10 heteroatoms. The summed E-state index contributed by atoms with van der Waals surface area (Å²) in [6.07, 6.45) is -4.35. The number of rotatable bonds is 3. The highest BCUT2D eigenvalue weighted by molar-refractivity contribution is 7.89. The fourth-order valence-corrected chi connectivity index (χ4v) is 3.92. The van der Waals surface area contributed by atoms with Gasteiger partial charge in [-0.25, -0.2) is 8.42 Å². The molecule has 1 aliphatic rings. The third-order valence-electron chi connectivity index (χ3n) is 3.61. The topological polar surface area (TPSA) is 72.6 Å². The Bertz CT molecular complexity index is 640. The molecule has 1 aromatic carbocycles. The summed E-state index contributed by atoms with van der Waals surface area (Å²) in [6.45, 7) is 2.33. The number of ether oxygens (including phenoxy) is 1. The average molecular weight is 375 g/mol. The number of benzene rings is 1. The summed E-state index contributed by atoms with van der Waals surface area (Å²) in [7, 11) is -3.87. The summed E-state index contributed by atoms with van der Waals surface area (Å²) in [5, 5.41) is 0. The van der Waals surface area contributed by atoms with Gasteiger partial charge in [0.25, 0.3) is 0 Å². The number of hydrogen-bond donors (Lipinski definition) is 1. The fraction of sp³-hybridized carbons (Fsp3) is 0.538. The number of halogens is 4. The quantitative estimate of drug-likeness (QED) is 0.881. The number of piperidine rings is 1. The van der Waals surface area contributed by atoms with Gasteiger partial charge in [-0.1, -0.05) is 13.0 Å². The number of hydrogen-bond acceptors (Lipinski definition) is 4. The highest BCUT2D eigenvalue weighted by Crippen LogP contribution is 2.28. The molecule has 1 heterocycles. The second-order valence-electron chi connectivity index (χ2n) is 5.32. The summed E-state index contributed by atoms with van der Waals surface area (Å²) in [6, 6.07) is 4.32. The lowest BCUT2D eigenvalue weighted by molar-refractivity contribution is -0.274. The van der Waals surface area contributed by atoms with Crippen LogP contribution in [0.1, 0.15) is 13.3 Å². The van der Waals surface area contributed by atoms with Gasteiger partial charge in [-0.15, -0.1) is 25.6 Å². The first-order chi connectivity index (χ1) is 10.1. The molecular weight excluding hydrogens is 357 g/mol. The van der Waals surface area contributed by atoms with Crippen molar-refractivity contribution in [3.63, 3.8) is 0 Å². The van der Waals surface area contributed by atoms with E-state index in [4.69, 9.17) is 5.73 Å². The third kappa shape index (κ3) is 4.97. The Kier molecular flexibility index (Phi) is 6.31. The van der Waals surface area contributed by atoms with Gasteiger partial charge in [0.05, 0.1) is 4.90 Å². The minimum absolute atomic E-state index is 0. The van der Waals surface area contributed by atoms with E-state index in [1.165, 1.54) is 16.4 Å². The molecule has 5 nitrogen and oxygen atoms in total. The van der Waals surface area contributed by atoms with E-state index in [0.29, 0.717) is 6.42 Å². The zero-order valence-corrected chi connectivity index (χ0v) is 13.9. The molecule has 0 amide bonds. The van der Waals surface area contributed by atoms with Gasteiger partial charge < -0.3 is 10.5 Å². The molecule has 0 radical (unpaired) electrons. The molecule has 1 saturated heterocycles. The minimum atomic E-state index is -4.87. The molecule has 2 atom stereocenters. The lowest BCUT2D eigenvalue weighted by atomic mass is 9.96. The number of nitrogens with two attached hydrogens (primary N) is 1. The maximum atomic E-state index is 12.5. The van der Waals surface area contributed by atoms with E-state index in [9.17, 15) is 21.6 Å². The molecule has 1 aliphatic heterocycles. The maximum absolute atomic E-state index is 12.5. The Morgan fingerprint density at radius 2 is 2.00 bits per heavy atom. The molecule has 2 N–H and O–H groups in total. The van der Waals surface area contributed by atoms with Crippen LogP contribution >= 0.6 is 12.4 Å². The standard InChI is InChI=1S/C13H17F3N2O3S.ClH/c1-9-8-18(6-5-12(9)17)22(19,20)11-4-2-3-10(7-11)21-13(14,15)16;/h2-4,7,9,12H,5-6,8,17H2,1H3;1H. The van der Waals surface area contributed by atoms with Gasteiger partial charge in [0, 0.05) is 25.2 Å². The van der Waals surface area contributed by atoms with Crippen LogP contribution in [0.2, 0.25) is 0 Å². The Morgan fingerprint density at radius 1 is 1.35 bits per heavy atom. The van der Waals surface area contributed by atoms with Crippen molar-refractivity contribution in [2.75, 3.05) is 13.1 Å². The van der Waals surface area contributed by atoms with E-state index < -0.39 is 22.1 Å². The monoisotopic (exact) mass is 374 g/mol. The summed E-state index contributed by atoms with van der Waals surface area (Å²) in [5.41, 5.74) is 5.85. The van der Waals surface area contributed by atoms with Crippen LogP contribution in [0.3, 0.4) is 0 Å². The zero-order chi connectivity index (χ0) is 16.5. The number of nitrogens with zero attached hydrogens (tertiary/aromatic N) is 1. The van der Waals surface area contributed by atoms with Crippen LogP contribution in [0.4, 0.5) is 13.2 Å². The van der Waals surface area contributed by atoms with E-state index in [-0.39, 0.29) is 42.4 Å². The van der Waals surface area contributed by atoms with Crippen LogP contribution in [0.25, 0.3) is 0 Å². The fourth-order valence-electron chi connectivity index (χ4n) is 2.32. The Morgan fingerprint density at radius 3 is 2.57 bits per heavy atom. The number of sulfonamides is 1. The normalized spacial score (nSPS) is 23.2. The maximum Gasteiger partial charge on any atom is 0.573 e. The van der Waals surface area contributed by atoms with Gasteiger partial charge in [-0.05, 0) is 24.5 Å². The van der Waals surface area contributed by atoms with Crippen LogP contribution < -0.4 is 10.5 Å². The molecule has 0 saturated carbocycles.